The molecule has 2 N–H and O–H groups in total. The Morgan fingerprint density at radius 2 is 1.90 bits per heavy atom. The second kappa shape index (κ2) is 6.16. The minimum atomic E-state index is -0.431. The van der Waals surface area contributed by atoms with Gasteiger partial charge in [-0.25, -0.2) is 4.39 Å². The van der Waals surface area contributed by atoms with Crippen molar-refractivity contribution in [3.05, 3.63) is 57.8 Å². The van der Waals surface area contributed by atoms with Gasteiger partial charge in [0.2, 0.25) is 0 Å². The van der Waals surface area contributed by atoms with Crippen molar-refractivity contribution in [1.82, 2.24) is 0 Å². The smallest absolute Gasteiger partial charge is 0.180 e. The normalized spacial score (nSPS) is 11.5. The Kier molecular flexibility index (Phi) is 4.69. The molecular weight excluding hydrogens is 333 g/mol. The van der Waals surface area contributed by atoms with Crippen molar-refractivity contribution in [1.29, 1.82) is 0 Å². The molecule has 0 spiro atoms. The molecule has 0 aliphatic carbocycles. The van der Waals surface area contributed by atoms with Crippen molar-refractivity contribution < 1.29 is 9.13 Å². The first-order valence-electron chi connectivity index (χ1n) is 6.78. The SMILES string of the molecule is CC(C)(C)c1cccc(Oc2ccc(CN)c(Br)c2F)c1. The van der Waals surface area contributed by atoms with Crippen LogP contribution in [-0.4, -0.2) is 0 Å². The Morgan fingerprint density at radius 3 is 2.52 bits per heavy atom. The zero-order chi connectivity index (χ0) is 15.6. The molecule has 0 saturated carbocycles. The van der Waals surface area contributed by atoms with E-state index in [4.69, 9.17) is 10.5 Å². The molecule has 4 heteroatoms. The Hall–Kier alpha value is -1.39. The van der Waals surface area contributed by atoms with E-state index in [-0.39, 0.29) is 17.7 Å². The van der Waals surface area contributed by atoms with Gasteiger partial charge in [0.15, 0.2) is 11.6 Å². The summed E-state index contributed by atoms with van der Waals surface area (Å²) in [7, 11) is 0. The summed E-state index contributed by atoms with van der Waals surface area (Å²) in [5.74, 6) is 0.373. The van der Waals surface area contributed by atoms with Gasteiger partial charge in [-0.05, 0) is 50.7 Å². The topological polar surface area (TPSA) is 35.2 Å². The number of nitrogens with two attached hydrogens (primary N) is 1. The molecule has 0 aromatic heterocycles. The van der Waals surface area contributed by atoms with Crippen LogP contribution >= 0.6 is 15.9 Å². The van der Waals surface area contributed by atoms with Crippen molar-refractivity contribution in [3.8, 4) is 11.5 Å². The van der Waals surface area contributed by atoms with Gasteiger partial charge in [-0.1, -0.05) is 39.0 Å². The van der Waals surface area contributed by atoms with E-state index in [0.29, 0.717) is 15.8 Å². The summed E-state index contributed by atoms with van der Waals surface area (Å²) in [4.78, 5) is 0. The van der Waals surface area contributed by atoms with Gasteiger partial charge in [-0.3, -0.25) is 0 Å². The summed E-state index contributed by atoms with van der Waals surface area (Å²) in [5.41, 5.74) is 7.42. The van der Waals surface area contributed by atoms with Crippen LogP contribution in [0.15, 0.2) is 40.9 Å². The maximum Gasteiger partial charge on any atom is 0.180 e. The molecule has 21 heavy (non-hydrogen) atoms. The molecule has 0 fully saturated rings. The zero-order valence-electron chi connectivity index (χ0n) is 12.4. The van der Waals surface area contributed by atoms with Gasteiger partial charge in [-0.15, -0.1) is 0 Å². The van der Waals surface area contributed by atoms with E-state index in [1.54, 1.807) is 12.1 Å². The number of ether oxygens (including phenoxy) is 1. The second-order valence-corrected chi connectivity index (χ2v) is 6.73. The van der Waals surface area contributed by atoms with E-state index in [1.807, 2.05) is 24.3 Å². The first kappa shape index (κ1) is 16.0. The van der Waals surface area contributed by atoms with Gasteiger partial charge >= 0.3 is 0 Å². The monoisotopic (exact) mass is 351 g/mol. The number of halogens is 2. The maximum absolute atomic E-state index is 14.2. The third-order valence-corrected chi connectivity index (χ3v) is 4.13. The average Bonchev–Trinajstić information content (AvgIpc) is 2.44. The van der Waals surface area contributed by atoms with Crippen LogP contribution in [0.4, 0.5) is 4.39 Å². The molecule has 0 atom stereocenters. The average molecular weight is 352 g/mol. The highest BCUT2D eigenvalue weighted by atomic mass is 79.9. The molecule has 0 radical (unpaired) electrons. The van der Waals surface area contributed by atoms with Crippen molar-refractivity contribution in [2.24, 2.45) is 5.73 Å². The molecule has 2 rings (SSSR count). The van der Waals surface area contributed by atoms with Crippen molar-refractivity contribution >= 4 is 15.9 Å². The first-order valence-corrected chi connectivity index (χ1v) is 7.57. The van der Waals surface area contributed by atoms with Crippen LogP contribution < -0.4 is 10.5 Å². The predicted octanol–water partition coefficient (Wildman–Crippen LogP) is 5.14. The Bertz CT molecular complexity index is 650. The van der Waals surface area contributed by atoms with Crippen molar-refractivity contribution in [2.75, 3.05) is 0 Å². The summed E-state index contributed by atoms with van der Waals surface area (Å²) in [5, 5.41) is 0. The van der Waals surface area contributed by atoms with Crippen LogP contribution in [0.1, 0.15) is 31.9 Å². The summed E-state index contributed by atoms with van der Waals surface area (Å²) < 4.78 is 20.3. The fourth-order valence-electron chi connectivity index (χ4n) is 1.96. The van der Waals surface area contributed by atoms with E-state index in [1.165, 1.54) is 0 Å². The number of hydrogen-bond acceptors (Lipinski definition) is 2. The van der Waals surface area contributed by atoms with Gasteiger partial charge in [0.25, 0.3) is 0 Å². The molecule has 0 aliphatic rings. The Labute approximate surface area is 133 Å². The molecule has 0 amide bonds. The quantitative estimate of drug-likeness (QED) is 0.830. The number of benzene rings is 2. The van der Waals surface area contributed by atoms with E-state index in [2.05, 4.69) is 36.7 Å². The zero-order valence-corrected chi connectivity index (χ0v) is 14.0. The highest BCUT2D eigenvalue weighted by molar-refractivity contribution is 9.10. The minimum Gasteiger partial charge on any atom is -0.454 e. The molecule has 0 aliphatic heterocycles. The van der Waals surface area contributed by atoms with E-state index in [0.717, 1.165) is 5.56 Å². The molecule has 2 aromatic rings. The lowest BCUT2D eigenvalue weighted by Crippen LogP contribution is -2.10. The molecule has 0 unspecified atom stereocenters. The van der Waals surface area contributed by atoms with Crippen LogP contribution in [0.25, 0.3) is 0 Å². The van der Waals surface area contributed by atoms with Crippen molar-refractivity contribution in [2.45, 2.75) is 32.7 Å². The fraction of sp³-hybridized carbons (Fsp3) is 0.294. The lowest BCUT2D eigenvalue weighted by molar-refractivity contribution is 0.437. The van der Waals surface area contributed by atoms with Gasteiger partial charge < -0.3 is 10.5 Å². The summed E-state index contributed by atoms with van der Waals surface area (Å²) >= 11 is 3.22. The van der Waals surface area contributed by atoms with Gasteiger partial charge in [0.1, 0.15) is 5.75 Å². The standard InChI is InChI=1S/C17H19BrFNO/c1-17(2,3)12-5-4-6-13(9-12)21-14-8-7-11(10-20)15(18)16(14)19/h4-9H,10,20H2,1-3H3. The molecule has 2 aromatic carbocycles. The van der Waals surface area contributed by atoms with Crippen LogP contribution in [0.2, 0.25) is 0 Å². The molecule has 2 nitrogen and oxygen atoms in total. The molecule has 112 valence electrons. The predicted molar refractivity (Wildman–Crippen MR) is 87.2 cm³/mol. The van der Waals surface area contributed by atoms with E-state index >= 15 is 0 Å². The highest BCUT2D eigenvalue weighted by Crippen LogP contribution is 2.33. The molecule has 0 bridgehead atoms. The largest absolute Gasteiger partial charge is 0.454 e. The number of hydrogen-bond donors (Lipinski definition) is 1. The highest BCUT2D eigenvalue weighted by Gasteiger charge is 2.16. The van der Waals surface area contributed by atoms with Crippen LogP contribution in [0, 0.1) is 5.82 Å². The molecular formula is C17H19BrFNO. The lowest BCUT2D eigenvalue weighted by Gasteiger charge is -2.20. The second-order valence-electron chi connectivity index (χ2n) is 5.93. The van der Waals surface area contributed by atoms with Crippen molar-refractivity contribution in [3.63, 3.8) is 0 Å². The summed E-state index contributed by atoms with van der Waals surface area (Å²) in [6, 6.07) is 11.1. The lowest BCUT2D eigenvalue weighted by atomic mass is 9.87. The van der Waals surface area contributed by atoms with Gasteiger partial charge in [0, 0.05) is 6.54 Å². The minimum absolute atomic E-state index is 0.0158. The molecule has 0 heterocycles. The third-order valence-electron chi connectivity index (χ3n) is 3.27. The number of rotatable bonds is 3. The third kappa shape index (κ3) is 3.63. The first-order chi connectivity index (χ1) is 9.82. The Balaban J connectivity index is 2.33. The summed E-state index contributed by atoms with van der Waals surface area (Å²) in [6.07, 6.45) is 0. The maximum atomic E-state index is 14.2. The van der Waals surface area contributed by atoms with Crippen LogP contribution in [0.5, 0.6) is 11.5 Å². The van der Waals surface area contributed by atoms with Crippen LogP contribution in [-0.2, 0) is 12.0 Å². The van der Waals surface area contributed by atoms with E-state index in [9.17, 15) is 4.39 Å². The van der Waals surface area contributed by atoms with Crippen LogP contribution in [0.3, 0.4) is 0 Å². The van der Waals surface area contributed by atoms with E-state index < -0.39 is 5.82 Å². The fourth-order valence-corrected chi connectivity index (χ4v) is 2.45. The molecule has 0 saturated heterocycles. The van der Waals surface area contributed by atoms with Gasteiger partial charge in [-0.2, -0.15) is 0 Å². The Morgan fingerprint density at radius 1 is 1.19 bits per heavy atom. The van der Waals surface area contributed by atoms with Gasteiger partial charge in [0.05, 0.1) is 4.47 Å². The summed E-state index contributed by atoms with van der Waals surface area (Å²) in [6.45, 7) is 6.65.